The second kappa shape index (κ2) is 4.48. The Bertz CT molecular complexity index is 741. The van der Waals surface area contributed by atoms with Gasteiger partial charge < -0.3 is 9.80 Å². The zero-order valence-electron chi connectivity index (χ0n) is 13.0. The van der Waals surface area contributed by atoms with E-state index >= 15 is 0 Å². The minimum atomic E-state index is 0.636. The van der Waals surface area contributed by atoms with Gasteiger partial charge in [0.05, 0.1) is 24.1 Å². The van der Waals surface area contributed by atoms with Crippen molar-refractivity contribution in [3.05, 3.63) is 46.9 Å². The van der Waals surface area contributed by atoms with Crippen molar-refractivity contribution < 1.29 is 0 Å². The fourth-order valence-corrected chi connectivity index (χ4v) is 4.62. The molecular formula is C19H21N3. The highest BCUT2D eigenvalue weighted by Gasteiger charge is 2.37. The summed E-state index contributed by atoms with van der Waals surface area (Å²) in [5, 5.41) is 0. The molecule has 0 saturated carbocycles. The van der Waals surface area contributed by atoms with Gasteiger partial charge in [-0.25, -0.2) is 0 Å². The van der Waals surface area contributed by atoms with Gasteiger partial charge in [0.25, 0.3) is 0 Å². The summed E-state index contributed by atoms with van der Waals surface area (Å²) in [6.07, 6.45) is 9.11. The van der Waals surface area contributed by atoms with Crippen LogP contribution in [0.4, 0.5) is 5.69 Å². The van der Waals surface area contributed by atoms with Crippen LogP contribution in [0.25, 0.3) is 5.70 Å². The molecule has 0 spiro atoms. The normalized spacial score (nSPS) is 25.5. The average molecular weight is 291 g/mol. The van der Waals surface area contributed by atoms with Crippen LogP contribution in [0.15, 0.2) is 40.8 Å². The summed E-state index contributed by atoms with van der Waals surface area (Å²) in [6, 6.07) is 6.79. The highest BCUT2D eigenvalue weighted by Crippen LogP contribution is 2.48. The van der Waals surface area contributed by atoms with Crippen LogP contribution in [-0.4, -0.2) is 24.2 Å². The molecule has 0 aromatic heterocycles. The highest BCUT2D eigenvalue weighted by atomic mass is 15.3. The maximum atomic E-state index is 4.47. The Morgan fingerprint density at radius 3 is 3.09 bits per heavy atom. The molecule has 3 nitrogen and oxygen atoms in total. The summed E-state index contributed by atoms with van der Waals surface area (Å²) >= 11 is 0. The molecule has 1 atom stereocenters. The third-order valence-electron chi connectivity index (χ3n) is 5.56. The Kier molecular flexibility index (Phi) is 2.55. The topological polar surface area (TPSA) is 18.8 Å². The monoisotopic (exact) mass is 291 g/mol. The van der Waals surface area contributed by atoms with Gasteiger partial charge >= 0.3 is 0 Å². The Hall–Kier alpha value is -2.03. The molecule has 0 fully saturated rings. The standard InChI is InChI=1S/C19H21N3/c1-13-4-2-7-16-18(13)22-11-9-20-12-17(22)15-6-3-5-14-8-10-21(16)19(14)15/h3,5-6,9,12-13H,2,4,7-8,10-11H2,1H3. The van der Waals surface area contributed by atoms with Gasteiger partial charge in [0.15, 0.2) is 0 Å². The van der Waals surface area contributed by atoms with Crippen molar-refractivity contribution in [1.29, 1.82) is 0 Å². The van der Waals surface area contributed by atoms with Crippen molar-refractivity contribution in [3.8, 4) is 0 Å². The average Bonchev–Trinajstić information content (AvgIpc) is 2.93. The number of hydrogen-bond donors (Lipinski definition) is 0. The summed E-state index contributed by atoms with van der Waals surface area (Å²) < 4.78 is 0. The van der Waals surface area contributed by atoms with Crippen LogP contribution in [0.5, 0.6) is 0 Å². The Morgan fingerprint density at radius 1 is 1.18 bits per heavy atom. The molecule has 0 saturated heterocycles. The van der Waals surface area contributed by atoms with Crippen LogP contribution >= 0.6 is 0 Å². The molecule has 5 rings (SSSR count). The minimum Gasteiger partial charge on any atom is -0.342 e. The zero-order chi connectivity index (χ0) is 14.7. The summed E-state index contributed by atoms with van der Waals surface area (Å²) in [6.45, 7) is 4.44. The number of hydrogen-bond acceptors (Lipinski definition) is 3. The van der Waals surface area contributed by atoms with E-state index in [1.165, 1.54) is 48.2 Å². The van der Waals surface area contributed by atoms with Crippen molar-refractivity contribution in [2.75, 3.05) is 18.0 Å². The maximum absolute atomic E-state index is 4.47. The first-order chi connectivity index (χ1) is 10.8. The molecule has 0 N–H and O–H groups in total. The molecule has 0 amide bonds. The molecule has 22 heavy (non-hydrogen) atoms. The summed E-state index contributed by atoms with van der Waals surface area (Å²) in [7, 11) is 0. The number of benzene rings is 1. The lowest BCUT2D eigenvalue weighted by Crippen LogP contribution is -2.33. The van der Waals surface area contributed by atoms with E-state index in [9.17, 15) is 0 Å². The number of allylic oxidation sites excluding steroid dienone is 2. The van der Waals surface area contributed by atoms with Crippen LogP contribution in [0.1, 0.15) is 37.3 Å². The highest BCUT2D eigenvalue weighted by molar-refractivity contribution is 5.86. The minimum absolute atomic E-state index is 0.636. The predicted octanol–water partition coefficient (Wildman–Crippen LogP) is 3.78. The molecule has 1 aliphatic carbocycles. The van der Waals surface area contributed by atoms with Crippen molar-refractivity contribution in [3.63, 3.8) is 0 Å². The van der Waals surface area contributed by atoms with E-state index in [1.807, 2.05) is 6.21 Å². The van der Waals surface area contributed by atoms with Gasteiger partial charge in [0.2, 0.25) is 0 Å². The Morgan fingerprint density at radius 2 is 2.14 bits per heavy atom. The van der Waals surface area contributed by atoms with E-state index in [4.69, 9.17) is 0 Å². The molecule has 0 bridgehead atoms. The maximum Gasteiger partial charge on any atom is 0.0692 e. The van der Waals surface area contributed by atoms with Crippen LogP contribution in [0.3, 0.4) is 0 Å². The van der Waals surface area contributed by atoms with Gasteiger partial charge in [0, 0.05) is 29.7 Å². The van der Waals surface area contributed by atoms with Crippen molar-refractivity contribution in [2.24, 2.45) is 10.9 Å². The number of rotatable bonds is 0. The van der Waals surface area contributed by atoms with Crippen molar-refractivity contribution in [1.82, 2.24) is 4.90 Å². The van der Waals surface area contributed by atoms with Crippen LogP contribution < -0.4 is 4.90 Å². The number of para-hydroxylation sites is 1. The lowest BCUT2D eigenvalue weighted by molar-refractivity contribution is 0.402. The molecule has 3 heteroatoms. The molecule has 1 aromatic carbocycles. The Labute approximate surface area is 131 Å². The second-order valence-electron chi connectivity index (χ2n) is 6.80. The van der Waals surface area contributed by atoms with E-state index in [1.54, 1.807) is 11.4 Å². The van der Waals surface area contributed by atoms with Gasteiger partial charge in [-0.3, -0.25) is 4.99 Å². The molecular weight excluding hydrogens is 270 g/mol. The Balaban J connectivity index is 1.83. The third-order valence-corrected chi connectivity index (χ3v) is 5.56. The number of anilines is 1. The fourth-order valence-electron chi connectivity index (χ4n) is 4.62. The van der Waals surface area contributed by atoms with Crippen molar-refractivity contribution in [2.45, 2.75) is 32.6 Å². The SMILES string of the molecule is CC1CCCC2=C1N1CC=NC=C1c1cccc3c1N2CC3. The smallest absolute Gasteiger partial charge is 0.0692 e. The number of nitrogens with zero attached hydrogens (tertiary/aromatic N) is 3. The molecule has 3 aliphatic heterocycles. The van der Waals surface area contributed by atoms with Crippen LogP contribution in [-0.2, 0) is 6.42 Å². The second-order valence-corrected chi connectivity index (χ2v) is 6.80. The molecule has 1 aromatic rings. The first kappa shape index (κ1) is 12.5. The van der Waals surface area contributed by atoms with Gasteiger partial charge in [-0.15, -0.1) is 0 Å². The predicted molar refractivity (Wildman–Crippen MR) is 90.7 cm³/mol. The van der Waals surface area contributed by atoms with Crippen LogP contribution in [0, 0.1) is 5.92 Å². The van der Waals surface area contributed by atoms with Gasteiger partial charge in [-0.2, -0.15) is 0 Å². The van der Waals surface area contributed by atoms with E-state index in [2.05, 4.69) is 46.1 Å². The lowest BCUT2D eigenvalue weighted by atomic mass is 9.90. The van der Waals surface area contributed by atoms with Gasteiger partial charge in [0.1, 0.15) is 0 Å². The van der Waals surface area contributed by atoms with E-state index < -0.39 is 0 Å². The van der Waals surface area contributed by atoms with Crippen molar-refractivity contribution >= 4 is 17.6 Å². The molecule has 4 aliphatic rings. The fraction of sp³-hybridized carbons (Fsp3) is 0.421. The summed E-state index contributed by atoms with van der Waals surface area (Å²) in [5.74, 6) is 0.636. The van der Waals surface area contributed by atoms with E-state index in [-0.39, 0.29) is 0 Å². The van der Waals surface area contributed by atoms with Crippen LogP contribution in [0.2, 0.25) is 0 Å². The number of aliphatic imine (C=N–C) groups is 1. The summed E-state index contributed by atoms with van der Waals surface area (Å²) in [5.41, 5.74) is 8.74. The molecule has 3 heterocycles. The quantitative estimate of drug-likeness (QED) is 0.724. The largest absolute Gasteiger partial charge is 0.342 e. The third kappa shape index (κ3) is 1.54. The lowest BCUT2D eigenvalue weighted by Gasteiger charge is -2.37. The number of fused-ring (bicyclic) bond motifs is 4. The van der Waals surface area contributed by atoms with Gasteiger partial charge in [-0.05, 0) is 37.2 Å². The summed E-state index contributed by atoms with van der Waals surface area (Å²) in [4.78, 5) is 9.62. The van der Waals surface area contributed by atoms with E-state index in [0.717, 1.165) is 13.1 Å². The molecule has 0 radical (unpaired) electrons. The zero-order valence-corrected chi connectivity index (χ0v) is 13.0. The first-order valence-corrected chi connectivity index (χ1v) is 8.47. The van der Waals surface area contributed by atoms with E-state index in [0.29, 0.717) is 5.92 Å². The first-order valence-electron chi connectivity index (χ1n) is 8.47. The molecule has 112 valence electrons. The molecule has 1 unspecified atom stereocenters. The van der Waals surface area contributed by atoms with Gasteiger partial charge in [-0.1, -0.05) is 25.1 Å².